The third-order valence-corrected chi connectivity index (χ3v) is 6.55. The molecule has 2 amide bonds. The van der Waals surface area contributed by atoms with Crippen LogP contribution >= 0.6 is 45.2 Å². The van der Waals surface area contributed by atoms with Crippen molar-refractivity contribution in [1.82, 2.24) is 4.90 Å². The van der Waals surface area contributed by atoms with Crippen molar-refractivity contribution >= 4 is 62.9 Å². The summed E-state index contributed by atoms with van der Waals surface area (Å²) in [6.07, 6.45) is 0. The van der Waals surface area contributed by atoms with E-state index in [-0.39, 0.29) is 17.4 Å². The number of hydrogen-bond donors (Lipinski definition) is 0. The van der Waals surface area contributed by atoms with Gasteiger partial charge in [-0.25, -0.2) is 4.99 Å². The molecule has 7 heteroatoms. The Morgan fingerprint density at radius 2 is 1.70 bits per heavy atom. The second-order valence-electron chi connectivity index (χ2n) is 6.31. The van der Waals surface area contributed by atoms with Crippen molar-refractivity contribution in [3.05, 3.63) is 35.4 Å². The van der Waals surface area contributed by atoms with Gasteiger partial charge in [0.15, 0.2) is 0 Å². The summed E-state index contributed by atoms with van der Waals surface area (Å²) in [5.74, 6) is -0.0503. The molecule has 2 aliphatic heterocycles. The third kappa shape index (κ3) is 2.59. The van der Waals surface area contributed by atoms with E-state index in [1.807, 2.05) is 13.8 Å². The summed E-state index contributed by atoms with van der Waals surface area (Å²) < 4.78 is 6.89. The van der Waals surface area contributed by atoms with E-state index in [2.05, 4.69) is 50.2 Å². The van der Waals surface area contributed by atoms with Gasteiger partial charge in [0.25, 0.3) is 11.8 Å². The molecule has 23 heavy (non-hydrogen) atoms. The first-order valence-corrected chi connectivity index (χ1v) is 10.2. The monoisotopic (exact) mass is 538 g/mol. The predicted molar refractivity (Wildman–Crippen MR) is 105 cm³/mol. The van der Waals surface area contributed by atoms with Gasteiger partial charge in [0.2, 0.25) is 5.90 Å². The Balaban J connectivity index is 2.11. The molecular formula is C16H16I2N2O3. The van der Waals surface area contributed by atoms with Gasteiger partial charge in [-0.05, 0) is 26.0 Å². The van der Waals surface area contributed by atoms with Crippen LogP contribution in [0.1, 0.15) is 34.6 Å². The smallest absolute Gasteiger partial charge is 0.262 e. The molecule has 2 aliphatic rings. The molecule has 122 valence electrons. The quantitative estimate of drug-likeness (QED) is 0.337. The van der Waals surface area contributed by atoms with E-state index in [4.69, 9.17) is 4.74 Å². The number of aliphatic imine (C=N–C) groups is 1. The highest BCUT2D eigenvalue weighted by Crippen LogP contribution is 2.36. The number of imide groups is 1. The Kier molecular flexibility index (Phi) is 4.45. The number of carbonyl (C=O) groups excluding carboxylic acids is 2. The van der Waals surface area contributed by atoms with E-state index in [0.717, 1.165) is 0 Å². The molecule has 1 aromatic carbocycles. The lowest BCUT2D eigenvalue weighted by Gasteiger charge is -2.36. The number of fused-ring (bicyclic) bond motifs is 1. The predicted octanol–water partition coefficient (Wildman–Crippen LogP) is 3.10. The number of rotatable bonds is 4. The molecule has 0 N–H and O–H groups in total. The van der Waals surface area contributed by atoms with Crippen LogP contribution in [0.15, 0.2) is 29.3 Å². The number of halogens is 2. The van der Waals surface area contributed by atoms with Gasteiger partial charge in [-0.1, -0.05) is 57.3 Å². The van der Waals surface area contributed by atoms with Gasteiger partial charge < -0.3 is 4.74 Å². The summed E-state index contributed by atoms with van der Waals surface area (Å²) in [5.41, 5.74) is -0.275. The maximum absolute atomic E-state index is 12.9. The second kappa shape index (κ2) is 5.98. The Hall–Kier alpha value is -0.710. The number of nitrogens with zero attached hydrogens (tertiary/aromatic N) is 2. The van der Waals surface area contributed by atoms with E-state index in [9.17, 15) is 9.59 Å². The minimum atomic E-state index is -0.845. The maximum atomic E-state index is 12.9. The van der Waals surface area contributed by atoms with Crippen LogP contribution in [0, 0.1) is 0 Å². The van der Waals surface area contributed by atoms with Crippen LogP contribution in [-0.4, -0.2) is 49.2 Å². The molecule has 0 fully saturated rings. The van der Waals surface area contributed by atoms with Crippen molar-refractivity contribution in [1.29, 1.82) is 0 Å². The summed E-state index contributed by atoms with van der Waals surface area (Å²) in [7, 11) is 0. The average molecular weight is 538 g/mol. The van der Waals surface area contributed by atoms with Crippen LogP contribution in [0.5, 0.6) is 0 Å². The Morgan fingerprint density at radius 3 is 2.09 bits per heavy atom. The first-order valence-electron chi connectivity index (χ1n) is 7.19. The van der Waals surface area contributed by atoms with Gasteiger partial charge >= 0.3 is 0 Å². The number of hydrogen-bond acceptors (Lipinski definition) is 4. The van der Waals surface area contributed by atoms with E-state index in [1.54, 1.807) is 24.3 Å². The van der Waals surface area contributed by atoms with E-state index < -0.39 is 5.54 Å². The molecule has 5 nitrogen and oxygen atoms in total. The van der Waals surface area contributed by atoms with Gasteiger partial charge in [0, 0.05) is 8.86 Å². The zero-order chi connectivity index (χ0) is 16.8. The van der Waals surface area contributed by atoms with Crippen LogP contribution < -0.4 is 0 Å². The van der Waals surface area contributed by atoms with Gasteiger partial charge in [0.05, 0.1) is 16.7 Å². The first-order chi connectivity index (χ1) is 10.9. The molecule has 0 unspecified atom stereocenters. The highest BCUT2D eigenvalue weighted by Gasteiger charge is 2.54. The molecule has 0 atom stereocenters. The van der Waals surface area contributed by atoms with Crippen LogP contribution in [0.4, 0.5) is 0 Å². The molecule has 0 aliphatic carbocycles. The van der Waals surface area contributed by atoms with Crippen molar-refractivity contribution in [2.75, 3.05) is 15.5 Å². The summed E-state index contributed by atoms with van der Waals surface area (Å²) >= 11 is 4.40. The fourth-order valence-corrected chi connectivity index (χ4v) is 5.67. The number of amides is 2. The lowest BCUT2D eigenvalue weighted by Crippen LogP contribution is -2.60. The van der Waals surface area contributed by atoms with Crippen molar-refractivity contribution in [2.24, 2.45) is 4.99 Å². The van der Waals surface area contributed by atoms with Crippen LogP contribution in [0.3, 0.4) is 0 Å². The fourth-order valence-electron chi connectivity index (χ4n) is 2.77. The fraction of sp³-hybridized carbons (Fsp3) is 0.438. The molecule has 0 radical (unpaired) electrons. The molecule has 0 aromatic heterocycles. The number of alkyl halides is 2. The number of carbonyl (C=O) groups is 2. The summed E-state index contributed by atoms with van der Waals surface area (Å²) in [4.78, 5) is 31.7. The highest BCUT2D eigenvalue weighted by molar-refractivity contribution is 14.1. The summed E-state index contributed by atoms with van der Waals surface area (Å²) in [6, 6.07) is 6.94. The topological polar surface area (TPSA) is 59.0 Å². The minimum Gasteiger partial charge on any atom is -0.477 e. The van der Waals surface area contributed by atoms with Crippen LogP contribution in [0.2, 0.25) is 0 Å². The van der Waals surface area contributed by atoms with Crippen molar-refractivity contribution < 1.29 is 14.3 Å². The van der Waals surface area contributed by atoms with E-state index in [0.29, 0.717) is 32.5 Å². The number of ether oxygens (including phenoxy) is 1. The highest BCUT2D eigenvalue weighted by atomic mass is 127. The standard InChI is InChI=1S/C16H16I2N2O3/c1-15(2)9-23-14(19-15)16(7-17,8-18)20-12(21)10-5-3-4-6-11(10)13(20)22/h3-6H,7-9H2,1-2H3. The first kappa shape index (κ1) is 17.1. The van der Waals surface area contributed by atoms with Crippen LogP contribution in [0.25, 0.3) is 0 Å². The second-order valence-corrected chi connectivity index (χ2v) is 7.83. The SMILES string of the molecule is CC1(C)COC(C(CI)(CI)N2C(=O)c3ccccc3C2=O)=N1. The van der Waals surface area contributed by atoms with Gasteiger partial charge in [-0.2, -0.15) is 0 Å². The third-order valence-electron chi connectivity index (χ3n) is 4.03. The van der Waals surface area contributed by atoms with Crippen molar-refractivity contribution in [3.8, 4) is 0 Å². The maximum Gasteiger partial charge on any atom is 0.262 e. The molecule has 0 saturated heterocycles. The largest absolute Gasteiger partial charge is 0.477 e. The molecule has 0 saturated carbocycles. The Bertz CT molecular complexity index is 676. The number of benzene rings is 1. The van der Waals surface area contributed by atoms with Gasteiger partial charge in [-0.15, -0.1) is 0 Å². The van der Waals surface area contributed by atoms with E-state index in [1.165, 1.54) is 4.90 Å². The van der Waals surface area contributed by atoms with Gasteiger partial charge in [-0.3, -0.25) is 14.5 Å². The Morgan fingerprint density at radius 1 is 1.17 bits per heavy atom. The molecule has 1 aromatic rings. The van der Waals surface area contributed by atoms with Crippen molar-refractivity contribution in [3.63, 3.8) is 0 Å². The van der Waals surface area contributed by atoms with E-state index >= 15 is 0 Å². The summed E-state index contributed by atoms with van der Waals surface area (Å²) in [5, 5.41) is 0. The van der Waals surface area contributed by atoms with Gasteiger partial charge in [0.1, 0.15) is 12.1 Å². The van der Waals surface area contributed by atoms with Crippen LogP contribution in [-0.2, 0) is 4.74 Å². The zero-order valence-electron chi connectivity index (χ0n) is 12.8. The molecular weight excluding hydrogens is 522 g/mol. The summed E-state index contributed by atoms with van der Waals surface area (Å²) in [6.45, 7) is 4.42. The zero-order valence-corrected chi connectivity index (χ0v) is 17.1. The molecule has 3 rings (SSSR count). The Labute approximate surface area is 162 Å². The molecule has 0 spiro atoms. The molecule has 2 heterocycles. The molecule has 0 bridgehead atoms. The lowest BCUT2D eigenvalue weighted by atomic mass is 10.0. The van der Waals surface area contributed by atoms with Crippen molar-refractivity contribution in [2.45, 2.75) is 24.9 Å². The average Bonchev–Trinajstić information content (AvgIpc) is 3.02. The normalized spacial score (nSPS) is 19.7. The minimum absolute atomic E-state index is 0.269. The lowest BCUT2D eigenvalue weighted by molar-refractivity contribution is 0.0551.